The molecule has 1 heterocycles. The molecule has 2 aromatic carbocycles. The first kappa shape index (κ1) is 23.7. The molecule has 1 amide bonds. The molecule has 10 heteroatoms. The number of nitro benzene ring substituents is 1. The number of hydrogen-bond acceptors (Lipinski definition) is 4. The van der Waals surface area contributed by atoms with Crippen LogP contribution in [0, 0.1) is 10.1 Å². The van der Waals surface area contributed by atoms with E-state index in [0.717, 1.165) is 11.1 Å². The fourth-order valence-corrected chi connectivity index (χ4v) is 2.77. The van der Waals surface area contributed by atoms with Crippen molar-refractivity contribution < 1.29 is 40.2 Å². The lowest BCUT2D eigenvalue weighted by Crippen LogP contribution is -3.00. The van der Waals surface area contributed by atoms with E-state index in [1.54, 1.807) is 29.1 Å². The number of rotatable bonds is 8. The van der Waals surface area contributed by atoms with Crippen molar-refractivity contribution in [2.45, 2.75) is 19.6 Å². The standard InChI is InChI=1S/C21H17F2N3O4.ClH/c22-21(23)30-19-7-3-17(4-8-19)24-20(27)14-25-11-9-16(10-12-25)13-15-1-5-18(6-2-15)26(28)29;/h1-12,21H,13-14H2;1H. The smallest absolute Gasteiger partial charge is 0.387 e. The predicted octanol–water partition coefficient (Wildman–Crippen LogP) is 0.717. The molecule has 0 spiro atoms. The molecule has 7 nitrogen and oxygen atoms in total. The molecule has 0 fully saturated rings. The fourth-order valence-electron chi connectivity index (χ4n) is 2.77. The Hall–Kier alpha value is -3.59. The highest BCUT2D eigenvalue weighted by Crippen LogP contribution is 2.18. The van der Waals surface area contributed by atoms with Gasteiger partial charge in [-0.2, -0.15) is 13.3 Å². The molecule has 3 aromatic rings. The van der Waals surface area contributed by atoms with E-state index in [-0.39, 0.29) is 36.3 Å². The number of halogens is 3. The van der Waals surface area contributed by atoms with Crippen LogP contribution >= 0.6 is 0 Å². The van der Waals surface area contributed by atoms with Gasteiger partial charge in [-0.1, -0.05) is 12.1 Å². The number of ether oxygens (including phenoxy) is 1. The van der Waals surface area contributed by atoms with Crippen LogP contribution in [-0.4, -0.2) is 17.4 Å². The molecule has 0 aliphatic carbocycles. The molecule has 0 aliphatic rings. The van der Waals surface area contributed by atoms with E-state index in [0.29, 0.717) is 12.1 Å². The van der Waals surface area contributed by atoms with Crippen LogP contribution in [0.2, 0.25) is 0 Å². The number of aromatic nitrogens is 1. The zero-order valence-corrected chi connectivity index (χ0v) is 16.8. The molecule has 31 heavy (non-hydrogen) atoms. The highest BCUT2D eigenvalue weighted by molar-refractivity contribution is 5.89. The first-order valence-electron chi connectivity index (χ1n) is 8.95. The summed E-state index contributed by atoms with van der Waals surface area (Å²) in [4.78, 5) is 22.4. The van der Waals surface area contributed by atoms with Crippen LogP contribution in [-0.2, 0) is 17.8 Å². The Labute approximate surface area is 182 Å². The van der Waals surface area contributed by atoms with Crippen molar-refractivity contribution in [3.63, 3.8) is 0 Å². The third kappa shape index (κ3) is 7.31. The molecule has 0 aliphatic heterocycles. The average Bonchev–Trinajstić information content (AvgIpc) is 2.71. The predicted molar refractivity (Wildman–Crippen MR) is 104 cm³/mol. The number of hydrogen-bond donors (Lipinski definition) is 1. The maximum atomic E-state index is 12.2. The van der Waals surface area contributed by atoms with Crippen molar-refractivity contribution in [2.24, 2.45) is 0 Å². The Bertz CT molecular complexity index is 1010. The second kappa shape index (κ2) is 11.0. The molecule has 0 atom stereocenters. The maximum Gasteiger partial charge on any atom is 0.387 e. The van der Waals surface area contributed by atoms with Gasteiger partial charge in [0.05, 0.1) is 4.92 Å². The van der Waals surface area contributed by atoms with Crippen LogP contribution in [0.1, 0.15) is 11.1 Å². The van der Waals surface area contributed by atoms with Gasteiger partial charge < -0.3 is 22.5 Å². The quantitative estimate of drug-likeness (QED) is 0.312. The fraction of sp³-hybridized carbons (Fsp3) is 0.143. The number of amides is 1. The highest BCUT2D eigenvalue weighted by atomic mass is 35.5. The van der Waals surface area contributed by atoms with Gasteiger partial charge in [0.15, 0.2) is 12.4 Å². The van der Waals surface area contributed by atoms with Crippen molar-refractivity contribution in [3.8, 4) is 5.75 Å². The Morgan fingerprint density at radius 2 is 1.58 bits per heavy atom. The number of nitrogens with zero attached hydrogens (tertiary/aromatic N) is 2. The summed E-state index contributed by atoms with van der Waals surface area (Å²) in [5.74, 6) is -0.258. The van der Waals surface area contributed by atoms with Gasteiger partial charge in [-0.05, 0) is 41.8 Å². The first-order chi connectivity index (χ1) is 14.4. The van der Waals surface area contributed by atoms with Crippen molar-refractivity contribution in [1.29, 1.82) is 0 Å². The molecule has 0 unspecified atom stereocenters. The van der Waals surface area contributed by atoms with Crippen LogP contribution in [0.3, 0.4) is 0 Å². The SMILES string of the molecule is O=C(C[n+]1ccc(Cc2ccc([N+](=O)[O-])cc2)cc1)Nc1ccc(OC(F)F)cc1.[Cl-]. The lowest BCUT2D eigenvalue weighted by atomic mass is 10.1. The molecule has 0 bridgehead atoms. The van der Waals surface area contributed by atoms with Crippen molar-refractivity contribution in [2.75, 3.05) is 5.32 Å². The summed E-state index contributed by atoms with van der Waals surface area (Å²) in [6, 6.07) is 15.7. The number of anilines is 1. The number of benzene rings is 2. The van der Waals surface area contributed by atoms with Crippen LogP contribution in [0.4, 0.5) is 20.2 Å². The van der Waals surface area contributed by atoms with Gasteiger partial charge in [0, 0.05) is 30.0 Å². The molecular weight excluding hydrogens is 432 g/mol. The number of carbonyl (C=O) groups excluding carboxylic acids is 1. The van der Waals surface area contributed by atoms with E-state index in [9.17, 15) is 23.7 Å². The first-order valence-corrected chi connectivity index (χ1v) is 8.95. The monoisotopic (exact) mass is 449 g/mol. The van der Waals surface area contributed by atoms with Gasteiger partial charge in [-0.3, -0.25) is 14.9 Å². The lowest BCUT2D eigenvalue weighted by molar-refractivity contribution is -0.684. The van der Waals surface area contributed by atoms with Crippen LogP contribution in [0.25, 0.3) is 0 Å². The van der Waals surface area contributed by atoms with Crippen molar-refractivity contribution >= 4 is 17.3 Å². The summed E-state index contributed by atoms with van der Waals surface area (Å²) in [7, 11) is 0. The Morgan fingerprint density at radius 3 is 2.13 bits per heavy atom. The van der Waals surface area contributed by atoms with Gasteiger partial charge in [0.25, 0.3) is 11.6 Å². The summed E-state index contributed by atoms with van der Waals surface area (Å²) in [6.45, 7) is -2.82. The lowest BCUT2D eigenvalue weighted by Gasteiger charge is -2.06. The summed E-state index contributed by atoms with van der Waals surface area (Å²) < 4.78 is 30.3. The number of nitro groups is 1. The maximum absolute atomic E-state index is 12.2. The van der Waals surface area contributed by atoms with Crippen LogP contribution in [0.15, 0.2) is 73.1 Å². The Balaban J connectivity index is 0.00000341. The summed E-state index contributed by atoms with van der Waals surface area (Å²) in [6.07, 6.45) is 4.14. The van der Waals surface area contributed by atoms with Gasteiger partial charge >= 0.3 is 6.61 Å². The van der Waals surface area contributed by atoms with E-state index in [2.05, 4.69) is 10.1 Å². The van der Waals surface area contributed by atoms with E-state index >= 15 is 0 Å². The normalized spacial score (nSPS) is 10.3. The number of nitrogens with one attached hydrogen (secondary N) is 1. The van der Waals surface area contributed by atoms with E-state index in [1.807, 2.05) is 12.1 Å². The molecule has 0 radical (unpaired) electrons. The van der Waals surface area contributed by atoms with Gasteiger partial charge in [0.1, 0.15) is 5.75 Å². The number of carbonyl (C=O) groups is 1. The second-order valence-electron chi connectivity index (χ2n) is 6.43. The Morgan fingerprint density at radius 1 is 1.00 bits per heavy atom. The third-order valence-corrected chi connectivity index (χ3v) is 4.21. The second-order valence-corrected chi connectivity index (χ2v) is 6.43. The van der Waals surface area contributed by atoms with Crippen molar-refractivity contribution in [1.82, 2.24) is 0 Å². The van der Waals surface area contributed by atoms with Gasteiger partial charge in [-0.15, -0.1) is 0 Å². The van der Waals surface area contributed by atoms with Gasteiger partial charge in [0.2, 0.25) is 6.54 Å². The zero-order chi connectivity index (χ0) is 21.5. The minimum atomic E-state index is -2.90. The minimum Gasteiger partial charge on any atom is -1.00 e. The van der Waals surface area contributed by atoms with E-state index in [4.69, 9.17) is 0 Å². The largest absolute Gasteiger partial charge is 1.00 e. The minimum absolute atomic E-state index is 0. The highest BCUT2D eigenvalue weighted by Gasteiger charge is 2.11. The van der Waals surface area contributed by atoms with Crippen molar-refractivity contribution in [3.05, 3.63) is 94.3 Å². The Kier molecular flexibility index (Phi) is 8.39. The topological polar surface area (TPSA) is 85.4 Å². The molecule has 0 saturated carbocycles. The molecule has 0 saturated heterocycles. The van der Waals surface area contributed by atoms with E-state index in [1.165, 1.54) is 36.4 Å². The molecule has 1 N–H and O–H groups in total. The molecule has 162 valence electrons. The summed E-state index contributed by atoms with van der Waals surface area (Å²) >= 11 is 0. The summed E-state index contributed by atoms with van der Waals surface area (Å²) in [5, 5.41) is 13.4. The zero-order valence-electron chi connectivity index (χ0n) is 16.1. The molecule has 1 aromatic heterocycles. The van der Waals surface area contributed by atoms with Crippen LogP contribution in [0.5, 0.6) is 5.75 Å². The van der Waals surface area contributed by atoms with Crippen LogP contribution < -0.4 is 27.0 Å². The molecular formula is C21H18ClF2N3O4. The van der Waals surface area contributed by atoms with E-state index < -0.39 is 11.5 Å². The summed E-state index contributed by atoms with van der Waals surface area (Å²) in [5.41, 5.74) is 2.45. The average molecular weight is 450 g/mol. The number of pyridine rings is 1. The number of non-ortho nitro benzene ring substituents is 1. The third-order valence-electron chi connectivity index (χ3n) is 4.21. The number of alkyl halides is 2. The van der Waals surface area contributed by atoms with Gasteiger partial charge in [-0.25, -0.2) is 0 Å². The molecule has 3 rings (SSSR count).